The van der Waals surface area contributed by atoms with Gasteiger partial charge in [0.15, 0.2) is 28.2 Å². The van der Waals surface area contributed by atoms with Crippen LogP contribution < -0.4 is 4.74 Å². The second kappa shape index (κ2) is 18.3. The molecular formula is C47H84O9Si2. The average molecular weight is 849 g/mol. The zero-order valence-corrected chi connectivity index (χ0v) is 42.1. The van der Waals surface area contributed by atoms with Crippen LogP contribution in [0.4, 0.5) is 0 Å². The second-order valence-electron chi connectivity index (χ2n) is 21.9. The van der Waals surface area contributed by atoms with Gasteiger partial charge in [0.25, 0.3) is 0 Å². The van der Waals surface area contributed by atoms with Crippen LogP contribution >= 0.6 is 0 Å². The lowest BCUT2D eigenvalue weighted by Crippen LogP contribution is -2.60. The summed E-state index contributed by atoms with van der Waals surface area (Å²) in [6.07, 6.45) is 2.14. The molecule has 0 unspecified atom stereocenters. The van der Waals surface area contributed by atoms with Gasteiger partial charge in [-0.15, -0.1) is 6.58 Å². The minimum atomic E-state index is -2.16. The van der Waals surface area contributed by atoms with E-state index in [1.807, 2.05) is 32.1 Å². The van der Waals surface area contributed by atoms with E-state index in [2.05, 4.69) is 121 Å². The zero-order valence-electron chi connectivity index (χ0n) is 40.1. The molecule has 11 atom stereocenters. The monoisotopic (exact) mass is 849 g/mol. The van der Waals surface area contributed by atoms with Crippen LogP contribution in [-0.2, 0) is 43.9 Å². The summed E-state index contributed by atoms with van der Waals surface area (Å²) in [4.78, 5) is 0. The first-order valence-electron chi connectivity index (χ1n) is 22.0. The van der Waals surface area contributed by atoms with Gasteiger partial charge in [-0.1, -0.05) is 94.4 Å². The van der Waals surface area contributed by atoms with Crippen molar-refractivity contribution >= 4 is 16.6 Å². The Bertz CT molecular complexity index is 1480. The van der Waals surface area contributed by atoms with Gasteiger partial charge in [0.1, 0.15) is 11.9 Å². The maximum Gasteiger partial charge on any atom is 0.192 e. The highest BCUT2D eigenvalue weighted by Crippen LogP contribution is 2.57. The van der Waals surface area contributed by atoms with E-state index < -0.39 is 39.7 Å². The molecule has 0 N–H and O–H groups in total. The molecule has 1 spiro atoms. The highest BCUT2D eigenvalue weighted by atomic mass is 28.4. The van der Waals surface area contributed by atoms with E-state index in [1.54, 1.807) is 14.2 Å². The van der Waals surface area contributed by atoms with Gasteiger partial charge < -0.3 is 42.0 Å². The molecule has 11 heteroatoms. The van der Waals surface area contributed by atoms with Gasteiger partial charge in [-0.3, -0.25) is 0 Å². The van der Waals surface area contributed by atoms with Gasteiger partial charge in [0.05, 0.1) is 50.3 Å². The molecule has 58 heavy (non-hydrogen) atoms. The number of methoxy groups -OCH3 is 2. The van der Waals surface area contributed by atoms with Gasteiger partial charge in [-0.25, -0.2) is 0 Å². The van der Waals surface area contributed by atoms with Crippen LogP contribution in [0.15, 0.2) is 36.9 Å². The molecular weight excluding hydrogens is 765 g/mol. The Kier molecular flexibility index (Phi) is 15.6. The number of benzene rings is 1. The highest BCUT2D eigenvalue weighted by Gasteiger charge is 2.67. The maximum atomic E-state index is 7.47. The lowest BCUT2D eigenvalue weighted by Gasteiger charge is -2.53. The Hall–Kier alpha value is -1.13. The van der Waals surface area contributed by atoms with Crippen LogP contribution in [0.3, 0.4) is 0 Å². The van der Waals surface area contributed by atoms with Crippen molar-refractivity contribution in [3.8, 4) is 5.75 Å². The molecule has 0 bridgehead atoms. The van der Waals surface area contributed by atoms with Crippen LogP contribution in [0.5, 0.6) is 5.75 Å². The molecule has 0 aliphatic carbocycles. The van der Waals surface area contributed by atoms with E-state index in [0.717, 1.165) is 11.3 Å². The summed E-state index contributed by atoms with van der Waals surface area (Å²) in [6, 6.07) is 8.05. The SMILES string of the molecule is C=CC[C@@H]1O[C@@]2(C[C@@H](O[Si](C)(C)C(C)(C)C)[C@@H]1C)O[C@H]([C@H](C[C@@H]1OC(C)(C)O[C@H]([C@H](C)CO[Si](C)(C)C(C)(C)C)[C@H]1C)OC)[C@H](OCc1ccc(OC)cc1)C2(C)C. The molecule has 0 radical (unpaired) electrons. The molecule has 1 aromatic rings. The standard InChI is InChI=1S/C47H84O9Si2/c1-21-22-36-32(3)39(56-58(19,20)44(8,9)10)28-47(53-36)45(11,12)42(50-30-34-23-25-35(48-15)26-24-34)41(55-47)38(49-16)27-37-33(4)40(54-46(13,14)52-37)31(2)29-51-57(17,18)43(5,6)7/h21,23-26,31-33,36-42H,1,22,27-30H2,2-20H3/t31-,32-,33+,36+,37+,38+,39-,40-,41-,42+,47+/m1/s1. The van der Waals surface area contributed by atoms with E-state index in [4.69, 9.17) is 42.0 Å². The van der Waals surface area contributed by atoms with Crippen molar-refractivity contribution in [2.75, 3.05) is 20.8 Å². The second-order valence-corrected chi connectivity index (χ2v) is 31.4. The normalized spacial score (nSPS) is 32.9. The van der Waals surface area contributed by atoms with Crippen molar-refractivity contribution in [3.05, 3.63) is 42.5 Å². The van der Waals surface area contributed by atoms with Crippen molar-refractivity contribution in [2.24, 2.45) is 23.2 Å². The predicted molar refractivity (Wildman–Crippen MR) is 239 cm³/mol. The first-order valence-corrected chi connectivity index (χ1v) is 27.8. The van der Waals surface area contributed by atoms with Crippen LogP contribution in [0.25, 0.3) is 0 Å². The summed E-state index contributed by atoms with van der Waals surface area (Å²) in [5.74, 6) is -0.613. The molecule has 3 heterocycles. The summed E-state index contributed by atoms with van der Waals surface area (Å²) in [5.41, 5.74) is 0.446. The minimum Gasteiger partial charge on any atom is -0.497 e. The summed E-state index contributed by atoms with van der Waals surface area (Å²) >= 11 is 0. The average Bonchev–Trinajstić information content (AvgIpc) is 3.31. The first-order chi connectivity index (χ1) is 26.5. The first kappa shape index (κ1) is 49.5. The Labute approximate surface area is 356 Å². The van der Waals surface area contributed by atoms with Gasteiger partial charge >= 0.3 is 0 Å². The molecule has 4 rings (SSSR count). The largest absolute Gasteiger partial charge is 0.497 e. The molecule has 0 saturated carbocycles. The number of rotatable bonds is 16. The van der Waals surface area contributed by atoms with E-state index in [0.29, 0.717) is 32.5 Å². The smallest absolute Gasteiger partial charge is 0.192 e. The van der Waals surface area contributed by atoms with E-state index in [1.165, 1.54) is 0 Å². The third-order valence-corrected chi connectivity index (χ3v) is 23.7. The van der Waals surface area contributed by atoms with Gasteiger partial charge in [0, 0.05) is 49.7 Å². The fourth-order valence-corrected chi connectivity index (χ4v) is 11.1. The topological polar surface area (TPSA) is 83.1 Å². The Morgan fingerprint density at radius 2 is 1.43 bits per heavy atom. The van der Waals surface area contributed by atoms with Gasteiger partial charge in [-0.2, -0.15) is 0 Å². The van der Waals surface area contributed by atoms with Gasteiger partial charge in [0.2, 0.25) is 0 Å². The van der Waals surface area contributed by atoms with Crippen LogP contribution in [0, 0.1) is 23.2 Å². The highest BCUT2D eigenvalue weighted by molar-refractivity contribution is 6.74. The lowest BCUT2D eigenvalue weighted by molar-refractivity contribution is -0.341. The third-order valence-electron chi connectivity index (χ3n) is 14.7. The summed E-state index contributed by atoms with van der Waals surface area (Å²) in [5, 5.41) is 0.176. The quantitative estimate of drug-likeness (QED) is 0.119. The van der Waals surface area contributed by atoms with Crippen LogP contribution in [0.1, 0.15) is 115 Å². The Balaban J connectivity index is 1.71. The fraction of sp³-hybridized carbons (Fsp3) is 0.830. The van der Waals surface area contributed by atoms with E-state index in [-0.39, 0.29) is 64.5 Å². The molecule has 3 saturated heterocycles. The molecule has 3 aliphatic heterocycles. The van der Waals surface area contributed by atoms with Crippen molar-refractivity contribution in [3.63, 3.8) is 0 Å². The van der Waals surface area contributed by atoms with Gasteiger partial charge in [-0.05, 0) is 74.2 Å². The molecule has 1 aromatic carbocycles. The molecule has 3 fully saturated rings. The van der Waals surface area contributed by atoms with Crippen molar-refractivity contribution in [1.29, 1.82) is 0 Å². The molecule has 334 valence electrons. The lowest BCUT2D eigenvalue weighted by atomic mass is 9.72. The maximum absolute atomic E-state index is 7.47. The Morgan fingerprint density at radius 3 is 1.97 bits per heavy atom. The molecule has 0 aromatic heterocycles. The van der Waals surface area contributed by atoms with Crippen LogP contribution in [0.2, 0.25) is 36.3 Å². The molecule has 0 amide bonds. The van der Waals surface area contributed by atoms with Crippen molar-refractivity contribution < 1.29 is 42.0 Å². The molecule has 3 aliphatic rings. The Morgan fingerprint density at radius 1 is 0.828 bits per heavy atom. The number of hydrogen-bond acceptors (Lipinski definition) is 9. The van der Waals surface area contributed by atoms with E-state index in [9.17, 15) is 0 Å². The summed E-state index contributed by atoms with van der Waals surface area (Å²) < 4.78 is 61.3. The zero-order chi connectivity index (χ0) is 43.9. The molecule has 9 nitrogen and oxygen atoms in total. The van der Waals surface area contributed by atoms with E-state index >= 15 is 0 Å². The summed E-state index contributed by atoms with van der Waals surface area (Å²) in [6.45, 7) is 43.5. The fourth-order valence-electron chi connectivity index (χ4n) is 8.54. The van der Waals surface area contributed by atoms with Crippen LogP contribution in [-0.4, -0.2) is 91.8 Å². The third kappa shape index (κ3) is 10.7. The minimum absolute atomic E-state index is 0.0479. The van der Waals surface area contributed by atoms with Crippen molar-refractivity contribution in [1.82, 2.24) is 0 Å². The number of ether oxygens (including phenoxy) is 7. The summed E-state index contributed by atoms with van der Waals surface area (Å²) in [7, 11) is -0.644. The number of hydrogen-bond donors (Lipinski definition) is 0. The van der Waals surface area contributed by atoms with Crippen molar-refractivity contribution in [2.45, 2.75) is 206 Å². The predicted octanol–water partition coefficient (Wildman–Crippen LogP) is 11.3.